The fourth-order valence-electron chi connectivity index (χ4n) is 3.14. The maximum absolute atomic E-state index is 12.7. The second-order valence-corrected chi connectivity index (χ2v) is 7.44. The predicted molar refractivity (Wildman–Crippen MR) is 107 cm³/mol. The van der Waals surface area contributed by atoms with E-state index >= 15 is 0 Å². The van der Waals surface area contributed by atoms with Crippen LogP contribution in [0.4, 0.5) is 0 Å². The van der Waals surface area contributed by atoms with Gasteiger partial charge < -0.3 is 19.2 Å². The van der Waals surface area contributed by atoms with Crippen molar-refractivity contribution in [2.24, 2.45) is 0 Å². The molecule has 1 unspecified atom stereocenters. The minimum atomic E-state index is -0.252. The molecule has 10 heteroatoms. The van der Waals surface area contributed by atoms with Gasteiger partial charge in [0.15, 0.2) is 0 Å². The molecule has 29 heavy (non-hydrogen) atoms. The standard InChI is InChI=1S/C19H20BrN5O4/c1-27-17-5-4-13(9-15(17)20)10-18(26)24-7-8-28-14(11-24)12-29-25-19-16(22-23-25)3-2-6-21-19/h2-6,9,14H,7-8,10-12H2,1H3. The van der Waals surface area contributed by atoms with Gasteiger partial charge in [0.05, 0.1) is 31.2 Å². The molecular formula is C19H20BrN5O4. The number of fused-ring (bicyclic) bond motifs is 1. The lowest BCUT2D eigenvalue weighted by Gasteiger charge is -2.32. The van der Waals surface area contributed by atoms with E-state index in [0.717, 1.165) is 15.8 Å². The maximum atomic E-state index is 12.7. The number of ether oxygens (including phenoxy) is 2. The lowest BCUT2D eigenvalue weighted by Crippen LogP contribution is -2.48. The van der Waals surface area contributed by atoms with Crippen molar-refractivity contribution in [3.63, 3.8) is 0 Å². The highest BCUT2D eigenvalue weighted by Crippen LogP contribution is 2.26. The molecule has 1 aliphatic heterocycles. The summed E-state index contributed by atoms with van der Waals surface area (Å²) in [4.78, 5) is 25.7. The number of hydrogen-bond acceptors (Lipinski definition) is 7. The quantitative estimate of drug-likeness (QED) is 0.548. The van der Waals surface area contributed by atoms with Gasteiger partial charge in [0.25, 0.3) is 0 Å². The van der Waals surface area contributed by atoms with E-state index in [-0.39, 0.29) is 18.6 Å². The lowest BCUT2D eigenvalue weighted by atomic mass is 10.1. The molecule has 1 atom stereocenters. The maximum Gasteiger partial charge on any atom is 0.227 e. The summed E-state index contributed by atoms with van der Waals surface area (Å²) in [5.41, 5.74) is 2.11. The Labute approximate surface area is 175 Å². The van der Waals surface area contributed by atoms with E-state index in [1.165, 1.54) is 4.85 Å². The van der Waals surface area contributed by atoms with Crippen LogP contribution in [-0.2, 0) is 16.0 Å². The van der Waals surface area contributed by atoms with Crippen molar-refractivity contribution in [1.82, 2.24) is 25.0 Å². The van der Waals surface area contributed by atoms with E-state index < -0.39 is 0 Å². The van der Waals surface area contributed by atoms with Gasteiger partial charge in [-0.15, -0.1) is 5.10 Å². The Hall–Kier alpha value is -2.72. The number of methoxy groups -OCH3 is 1. The van der Waals surface area contributed by atoms with E-state index in [1.54, 1.807) is 24.3 Å². The van der Waals surface area contributed by atoms with Gasteiger partial charge in [-0.2, -0.15) is 0 Å². The third-order valence-electron chi connectivity index (χ3n) is 4.63. The largest absolute Gasteiger partial charge is 0.496 e. The lowest BCUT2D eigenvalue weighted by molar-refractivity contribution is -0.141. The monoisotopic (exact) mass is 461 g/mol. The number of amides is 1. The summed E-state index contributed by atoms with van der Waals surface area (Å²) in [6.45, 7) is 1.71. The Balaban J connectivity index is 1.34. The first-order valence-electron chi connectivity index (χ1n) is 9.15. The van der Waals surface area contributed by atoms with Crippen LogP contribution in [0.3, 0.4) is 0 Å². The fraction of sp³-hybridized carbons (Fsp3) is 0.368. The summed E-state index contributed by atoms with van der Waals surface area (Å²) in [7, 11) is 1.61. The highest BCUT2D eigenvalue weighted by atomic mass is 79.9. The van der Waals surface area contributed by atoms with Crippen molar-refractivity contribution in [1.29, 1.82) is 0 Å². The van der Waals surface area contributed by atoms with Crippen molar-refractivity contribution in [2.45, 2.75) is 12.5 Å². The second kappa shape index (κ2) is 8.75. The van der Waals surface area contributed by atoms with Gasteiger partial charge in [-0.3, -0.25) is 4.79 Å². The zero-order valence-corrected chi connectivity index (χ0v) is 17.4. The molecule has 1 saturated heterocycles. The van der Waals surface area contributed by atoms with Crippen LogP contribution in [0.5, 0.6) is 5.75 Å². The predicted octanol–water partition coefficient (Wildman–Crippen LogP) is 1.50. The summed E-state index contributed by atoms with van der Waals surface area (Å²) in [6.07, 6.45) is 1.72. The van der Waals surface area contributed by atoms with Crippen LogP contribution < -0.4 is 9.57 Å². The number of aromatic nitrogens is 4. The molecular weight excluding hydrogens is 442 g/mol. The summed E-state index contributed by atoms with van der Waals surface area (Å²) in [5, 5.41) is 7.94. The Bertz CT molecular complexity index is 1010. The molecule has 0 aliphatic carbocycles. The Morgan fingerprint density at radius 1 is 1.38 bits per heavy atom. The molecule has 3 heterocycles. The molecule has 1 aliphatic rings. The number of carbonyl (C=O) groups is 1. The molecule has 0 bridgehead atoms. The summed E-state index contributed by atoms with van der Waals surface area (Å²) in [5.74, 6) is 0.781. The average molecular weight is 462 g/mol. The van der Waals surface area contributed by atoms with Gasteiger partial charge in [-0.1, -0.05) is 10.9 Å². The second-order valence-electron chi connectivity index (χ2n) is 6.58. The van der Waals surface area contributed by atoms with Crippen molar-refractivity contribution < 1.29 is 19.1 Å². The molecule has 1 fully saturated rings. The summed E-state index contributed by atoms with van der Waals surface area (Å²) < 4.78 is 11.8. The normalized spacial score (nSPS) is 16.8. The number of nitrogens with zero attached hydrogens (tertiary/aromatic N) is 5. The molecule has 4 rings (SSSR count). The van der Waals surface area contributed by atoms with E-state index in [0.29, 0.717) is 37.3 Å². The minimum Gasteiger partial charge on any atom is -0.496 e. The topological polar surface area (TPSA) is 91.6 Å². The van der Waals surface area contributed by atoms with Crippen molar-refractivity contribution in [3.05, 3.63) is 46.6 Å². The number of rotatable bonds is 6. The van der Waals surface area contributed by atoms with Gasteiger partial charge in [0, 0.05) is 12.7 Å². The van der Waals surface area contributed by atoms with Crippen molar-refractivity contribution in [2.75, 3.05) is 33.4 Å². The Morgan fingerprint density at radius 2 is 2.28 bits per heavy atom. The van der Waals surface area contributed by atoms with Gasteiger partial charge in [0.1, 0.15) is 24.0 Å². The van der Waals surface area contributed by atoms with E-state index in [4.69, 9.17) is 14.3 Å². The first-order chi connectivity index (χ1) is 14.1. The molecule has 9 nitrogen and oxygen atoms in total. The van der Waals surface area contributed by atoms with Crippen LogP contribution in [0.2, 0.25) is 0 Å². The third-order valence-corrected chi connectivity index (χ3v) is 5.25. The highest BCUT2D eigenvalue weighted by molar-refractivity contribution is 9.10. The fourth-order valence-corrected chi connectivity index (χ4v) is 3.73. The first-order valence-corrected chi connectivity index (χ1v) is 9.95. The van der Waals surface area contributed by atoms with Crippen molar-refractivity contribution >= 4 is 33.0 Å². The SMILES string of the molecule is COc1ccc(CC(=O)N2CCOC(COn3nnc4cccnc43)C2)cc1Br. The zero-order chi connectivity index (χ0) is 20.2. The molecule has 0 radical (unpaired) electrons. The van der Waals surface area contributed by atoms with E-state index in [9.17, 15) is 4.79 Å². The number of halogens is 1. The molecule has 1 amide bonds. The molecule has 0 saturated carbocycles. The summed E-state index contributed by atoms with van der Waals surface area (Å²) in [6, 6.07) is 9.24. The average Bonchev–Trinajstić information content (AvgIpc) is 3.16. The van der Waals surface area contributed by atoms with Crippen LogP contribution in [0, 0.1) is 0 Å². The minimum absolute atomic E-state index is 0.0447. The smallest absolute Gasteiger partial charge is 0.227 e. The number of pyridine rings is 1. The molecule has 1 aromatic carbocycles. The number of benzene rings is 1. The van der Waals surface area contributed by atoms with Crippen LogP contribution in [0.15, 0.2) is 41.0 Å². The molecule has 152 valence electrons. The summed E-state index contributed by atoms with van der Waals surface area (Å²) >= 11 is 3.45. The molecule has 2 aromatic heterocycles. The third kappa shape index (κ3) is 4.48. The molecule has 3 aromatic rings. The van der Waals surface area contributed by atoms with Crippen LogP contribution in [0.1, 0.15) is 5.56 Å². The first kappa shape index (κ1) is 19.6. The van der Waals surface area contributed by atoms with E-state index in [1.807, 2.05) is 24.3 Å². The van der Waals surface area contributed by atoms with Crippen LogP contribution >= 0.6 is 15.9 Å². The van der Waals surface area contributed by atoms with Gasteiger partial charge >= 0.3 is 0 Å². The highest BCUT2D eigenvalue weighted by Gasteiger charge is 2.25. The number of carbonyl (C=O) groups excluding carboxylic acids is 1. The Morgan fingerprint density at radius 3 is 3.10 bits per heavy atom. The van der Waals surface area contributed by atoms with Crippen molar-refractivity contribution in [3.8, 4) is 5.75 Å². The number of morpholine rings is 1. The van der Waals surface area contributed by atoms with Crippen LogP contribution in [-0.4, -0.2) is 70.5 Å². The molecule has 0 N–H and O–H groups in total. The van der Waals surface area contributed by atoms with E-state index in [2.05, 4.69) is 31.2 Å². The van der Waals surface area contributed by atoms with Gasteiger partial charge in [-0.05, 0) is 51.0 Å². The molecule has 0 spiro atoms. The zero-order valence-electron chi connectivity index (χ0n) is 15.8. The van der Waals surface area contributed by atoms with Gasteiger partial charge in [-0.25, -0.2) is 4.98 Å². The van der Waals surface area contributed by atoms with Crippen LogP contribution in [0.25, 0.3) is 11.2 Å². The number of hydrogen-bond donors (Lipinski definition) is 0. The van der Waals surface area contributed by atoms with Gasteiger partial charge in [0.2, 0.25) is 11.6 Å². The Kier molecular flexibility index (Phi) is 5.91.